The van der Waals surface area contributed by atoms with E-state index in [1.807, 2.05) is 13.8 Å². The third-order valence-corrected chi connectivity index (χ3v) is 5.91. The van der Waals surface area contributed by atoms with Crippen LogP contribution in [0.1, 0.15) is 20.8 Å². The minimum absolute atomic E-state index is 0.0238. The number of sulfone groups is 1. The Labute approximate surface area is 156 Å². The standard InChI is InChI=1S/C16H20BrN5O2S/c1-6-22(20-11(3)4)14-9-8-12(25(23,24)7-2)15(19-14)16-18-10-13(17)21(16)5/h6,8-10H,1,7H2,2-5H3. The normalized spacial score (nSPS) is 11.2. The van der Waals surface area contributed by atoms with Crippen LogP contribution in [-0.4, -0.2) is 34.4 Å². The van der Waals surface area contributed by atoms with Gasteiger partial charge in [0.25, 0.3) is 0 Å². The molecular weight excluding hydrogens is 406 g/mol. The van der Waals surface area contributed by atoms with E-state index in [0.29, 0.717) is 11.6 Å². The summed E-state index contributed by atoms with van der Waals surface area (Å²) in [5, 5.41) is 5.82. The van der Waals surface area contributed by atoms with Crippen molar-refractivity contribution in [2.45, 2.75) is 25.7 Å². The maximum atomic E-state index is 12.5. The lowest BCUT2D eigenvalue weighted by Crippen LogP contribution is -2.14. The Kier molecular flexibility index (Phi) is 5.79. The van der Waals surface area contributed by atoms with E-state index in [1.165, 1.54) is 17.3 Å². The molecule has 2 aromatic heterocycles. The van der Waals surface area contributed by atoms with Crippen LogP contribution >= 0.6 is 15.9 Å². The van der Waals surface area contributed by atoms with Gasteiger partial charge in [-0.3, -0.25) is 0 Å². The number of halogens is 1. The molecule has 0 bridgehead atoms. The van der Waals surface area contributed by atoms with Gasteiger partial charge in [0.05, 0.1) is 16.8 Å². The average molecular weight is 426 g/mol. The van der Waals surface area contributed by atoms with Gasteiger partial charge in [0.1, 0.15) is 10.3 Å². The average Bonchev–Trinajstić information content (AvgIpc) is 2.91. The van der Waals surface area contributed by atoms with E-state index >= 15 is 0 Å². The lowest BCUT2D eigenvalue weighted by molar-refractivity contribution is 0.597. The van der Waals surface area contributed by atoms with Crippen LogP contribution in [0.3, 0.4) is 0 Å². The van der Waals surface area contributed by atoms with E-state index in [0.717, 1.165) is 10.3 Å². The zero-order chi connectivity index (χ0) is 18.8. The minimum Gasteiger partial charge on any atom is -0.321 e. The lowest BCUT2D eigenvalue weighted by Gasteiger charge is -2.16. The van der Waals surface area contributed by atoms with Gasteiger partial charge < -0.3 is 4.57 Å². The summed E-state index contributed by atoms with van der Waals surface area (Å²) in [4.78, 5) is 8.95. The van der Waals surface area contributed by atoms with Crippen LogP contribution in [0, 0.1) is 0 Å². The second-order valence-electron chi connectivity index (χ2n) is 5.46. The Morgan fingerprint density at radius 3 is 2.60 bits per heavy atom. The van der Waals surface area contributed by atoms with Crippen molar-refractivity contribution in [2.24, 2.45) is 12.1 Å². The van der Waals surface area contributed by atoms with E-state index in [1.54, 1.807) is 30.8 Å². The molecule has 0 fully saturated rings. The summed E-state index contributed by atoms with van der Waals surface area (Å²) in [7, 11) is -1.69. The highest BCUT2D eigenvalue weighted by Gasteiger charge is 2.23. The van der Waals surface area contributed by atoms with Gasteiger partial charge in [0.2, 0.25) is 0 Å². The smallest absolute Gasteiger partial charge is 0.180 e. The molecule has 0 aliphatic rings. The van der Waals surface area contributed by atoms with Crippen molar-refractivity contribution < 1.29 is 8.42 Å². The van der Waals surface area contributed by atoms with Crippen LogP contribution in [0.15, 0.2) is 45.7 Å². The van der Waals surface area contributed by atoms with Gasteiger partial charge >= 0.3 is 0 Å². The first-order valence-corrected chi connectivity index (χ1v) is 10.0. The van der Waals surface area contributed by atoms with E-state index in [9.17, 15) is 8.42 Å². The van der Waals surface area contributed by atoms with Gasteiger partial charge in [0.15, 0.2) is 21.5 Å². The molecule has 9 heteroatoms. The first kappa shape index (κ1) is 19.3. The van der Waals surface area contributed by atoms with Gasteiger partial charge in [-0.15, -0.1) is 0 Å². The Balaban J connectivity index is 2.75. The first-order chi connectivity index (χ1) is 11.7. The number of rotatable bonds is 6. The van der Waals surface area contributed by atoms with Gasteiger partial charge in [-0.05, 0) is 41.9 Å². The van der Waals surface area contributed by atoms with Gasteiger partial charge in [-0.2, -0.15) is 5.10 Å². The predicted molar refractivity (Wildman–Crippen MR) is 103 cm³/mol. The fraction of sp³-hybridized carbons (Fsp3) is 0.312. The molecule has 0 unspecified atom stereocenters. The van der Waals surface area contributed by atoms with Crippen molar-refractivity contribution in [3.8, 4) is 11.5 Å². The van der Waals surface area contributed by atoms with Crippen molar-refractivity contribution in [2.75, 3.05) is 10.8 Å². The third kappa shape index (κ3) is 3.98. The molecule has 2 aromatic rings. The van der Waals surface area contributed by atoms with Crippen molar-refractivity contribution in [3.63, 3.8) is 0 Å². The third-order valence-electron chi connectivity index (χ3n) is 3.42. The molecule has 2 rings (SSSR count). The second kappa shape index (κ2) is 7.49. The van der Waals surface area contributed by atoms with Crippen molar-refractivity contribution in [3.05, 3.63) is 35.7 Å². The van der Waals surface area contributed by atoms with Crippen LogP contribution < -0.4 is 5.01 Å². The number of anilines is 1. The minimum atomic E-state index is -3.47. The predicted octanol–water partition coefficient (Wildman–Crippen LogP) is 3.38. The topological polar surface area (TPSA) is 80.5 Å². The summed E-state index contributed by atoms with van der Waals surface area (Å²) >= 11 is 3.37. The summed E-state index contributed by atoms with van der Waals surface area (Å²) < 4.78 is 27.4. The van der Waals surface area contributed by atoms with Gasteiger partial charge in [-0.25, -0.2) is 23.4 Å². The number of hydrogen-bond acceptors (Lipinski definition) is 6. The molecule has 0 N–H and O–H groups in total. The molecule has 7 nitrogen and oxygen atoms in total. The number of hydrogen-bond donors (Lipinski definition) is 0. The largest absolute Gasteiger partial charge is 0.321 e. The Morgan fingerprint density at radius 2 is 2.12 bits per heavy atom. The molecule has 0 aliphatic heterocycles. The number of aromatic nitrogens is 3. The Hall–Kier alpha value is -2.00. The highest BCUT2D eigenvalue weighted by molar-refractivity contribution is 9.10. The summed E-state index contributed by atoms with van der Waals surface area (Å²) in [5.74, 6) is 0.881. The molecule has 0 saturated heterocycles. The molecule has 134 valence electrons. The molecule has 0 saturated carbocycles. The maximum Gasteiger partial charge on any atom is 0.180 e. The number of hydrazone groups is 1. The maximum absolute atomic E-state index is 12.5. The monoisotopic (exact) mass is 425 g/mol. The SMILES string of the molecule is C=CN(N=C(C)C)c1ccc(S(=O)(=O)CC)c(-c2ncc(Br)n2C)n1. The molecule has 0 radical (unpaired) electrons. The molecule has 0 aliphatic carbocycles. The van der Waals surface area contributed by atoms with Gasteiger partial charge in [-0.1, -0.05) is 13.5 Å². The van der Waals surface area contributed by atoms with Crippen LogP contribution in [-0.2, 0) is 16.9 Å². The Bertz CT molecular complexity index is 930. The number of nitrogens with zero attached hydrogens (tertiary/aromatic N) is 5. The zero-order valence-electron chi connectivity index (χ0n) is 14.6. The molecule has 0 spiro atoms. The highest BCUT2D eigenvalue weighted by atomic mass is 79.9. The van der Waals surface area contributed by atoms with E-state index in [4.69, 9.17) is 0 Å². The first-order valence-electron chi connectivity index (χ1n) is 7.56. The van der Waals surface area contributed by atoms with Crippen LogP contribution in [0.2, 0.25) is 0 Å². The van der Waals surface area contributed by atoms with Gasteiger partial charge in [0, 0.05) is 19.0 Å². The van der Waals surface area contributed by atoms with E-state index < -0.39 is 9.84 Å². The molecule has 25 heavy (non-hydrogen) atoms. The number of pyridine rings is 1. The number of imidazole rings is 1. The molecule has 2 heterocycles. The molecule has 0 atom stereocenters. The molecule has 0 amide bonds. The van der Waals surface area contributed by atoms with Crippen LogP contribution in [0.4, 0.5) is 5.82 Å². The molecule has 0 aromatic carbocycles. The fourth-order valence-corrected chi connectivity index (χ4v) is 3.43. The van der Waals surface area contributed by atoms with Crippen molar-refractivity contribution >= 4 is 37.3 Å². The summed E-state index contributed by atoms with van der Waals surface area (Å²) in [6.07, 6.45) is 3.12. The van der Waals surface area contributed by atoms with Crippen molar-refractivity contribution in [1.82, 2.24) is 14.5 Å². The van der Waals surface area contributed by atoms with E-state index in [2.05, 4.69) is 37.6 Å². The summed E-state index contributed by atoms with van der Waals surface area (Å²) in [5.41, 5.74) is 1.09. The van der Waals surface area contributed by atoms with Crippen LogP contribution in [0.25, 0.3) is 11.5 Å². The summed E-state index contributed by atoms with van der Waals surface area (Å²) in [6, 6.07) is 3.15. The quantitative estimate of drug-likeness (QED) is 0.523. The second-order valence-corrected chi connectivity index (χ2v) is 8.52. The highest BCUT2D eigenvalue weighted by Crippen LogP contribution is 2.29. The van der Waals surface area contributed by atoms with E-state index in [-0.39, 0.29) is 16.3 Å². The van der Waals surface area contributed by atoms with Crippen molar-refractivity contribution in [1.29, 1.82) is 0 Å². The fourth-order valence-electron chi connectivity index (χ4n) is 2.14. The lowest BCUT2D eigenvalue weighted by atomic mass is 10.3. The Morgan fingerprint density at radius 1 is 1.44 bits per heavy atom. The zero-order valence-corrected chi connectivity index (χ0v) is 17.0. The molecular formula is C16H20BrN5O2S. The summed E-state index contributed by atoms with van der Waals surface area (Å²) in [6.45, 7) is 9.03. The van der Waals surface area contributed by atoms with Crippen LogP contribution in [0.5, 0.6) is 0 Å².